The normalized spacial score (nSPS) is 10.5. The van der Waals surface area contributed by atoms with Crippen LogP contribution in [-0.4, -0.2) is 20.2 Å². The molecule has 19 heavy (non-hydrogen) atoms. The third kappa shape index (κ3) is 5.32. The SMILES string of the molecule is COc1ccc(CCNCCCC#N)cc1C(C)C. The lowest BCUT2D eigenvalue weighted by Gasteiger charge is -2.13. The van der Waals surface area contributed by atoms with Crippen LogP contribution in [0.3, 0.4) is 0 Å². The summed E-state index contributed by atoms with van der Waals surface area (Å²) in [6, 6.07) is 8.57. The fourth-order valence-electron chi connectivity index (χ4n) is 2.04. The zero-order valence-electron chi connectivity index (χ0n) is 12.2. The van der Waals surface area contributed by atoms with Crippen molar-refractivity contribution in [1.82, 2.24) is 5.32 Å². The fraction of sp³-hybridized carbons (Fsp3) is 0.562. The van der Waals surface area contributed by atoms with Gasteiger partial charge in [0.1, 0.15) is 5.75 Å². The van der Waals surface area contributed by atoms with E-state index < -0.39 is 0 Å². The van der Waals surface area contributed by atoms with E-state index in [9.17, 15) is 0 Å². The molecule has 0 amide bonds. The van der Waals surface area contributed by atoms with E-state index in [1.54, 1.807) is 7.11 Å². The number of nitrogens with one attached hydrogen (secondary N) is 1. The second-order valence-corrected chi connectivity index (χ2v) is 4.99. The number of nitriles is 1. The molecule has 3 nitrogen and oxygen atoms in total. The number of nitrogens with zero attached hydrogens (tertiary/aromatic N) is 1. The van der Waals surface area contributed by atoms with Crippen molar-refractivity contribution in [2.24, 2.45) is 0 Å². The van der Waals surface area contributed by atoms with Crippen LogP contribution in [-0.2, 0) is 6.42 Å². The third-order valence-electron chi connectivity index (χ3n) is 3.15. The van der Waals surface area contributed by atoms with Gasteiger partial charge in [0.05, 0.1) is 13.2 Å². The van der Waals surface area contributed by atoms with Gasteiger partial charge in [0.25, 0.3) is 0 Å². The van der Waals surface area contributed by atoms with E-state index in [2.05, 4.69) is 43.4 Å². The molecule has 0 heterocycles. The average Bonchev–Trinajstić information content (AvgIpc) is 2.42. The number of hydrogen-bond donors (Lipinski definition) is 1. The smallest absolute Gasteiger partial charge is 0.122 e. The van der Waals surface area contributed by atoms with Crippen molar-refractivity contribution in [3.8, 4) is 11.8 Å². The fourth-order valence-corrected chi connectivity index (χ4v) is 2.04. The minimum atomic E-state index is 0.471. The van der Waals surface area contributed by atoms with Gasteiger partial charge >= 0.3 is 0 Å². The molecule has 0 bridgehead atoms. The third-order valence-corrected chi connectivity index (χ3v) is 3.15. The zero-order chi connectivity index (χ0) is 14.1. The summed E-state index contributed by atoms with van der Waals surface area (Å²) in [5.74, 6) is 1.44. The molecule has 0 radical (unpaired) electrons. The molecule has 0 unspecified atom stereocenters. The molecule has 0 saturated heterocycles. The van der Waals surface area contributed by atoms with E-state index in [-0.39, 0.29) is 0 Å². The highest BCUT2D eigenvalue weighted by molar-refractivity contribution is 5.39. The molecular formula is C16H24N2O. The summed E-state index contributed by atoms with van der Waals surface area (Å²) in [6.07, 6.45) is 2.57. The Bertz CT molecular complexity index is 421. The van der Waals surface area contributed by atoms with Crippen LogP contribution in [0.2, 0.25) is 0 Å². The molecule has 0 atom stereocenters. The number of hydrogen-bond acceptors (Lipinski definition) is 3. The molecular weight excluding hydrogens is 236 g/mol. The van der Waals surface area contributed by atoms with Crippen LogP contribution in [0.25, 0.3) is 0 Å². The first-order chi connectivity index (χ1) is 9.19. The average molecular weight is 260 g/mol. The van der Waals surface area contributed by atoms with E-state index in [1.807, 2.05) is 0 Å². The van der Waals surface area contributed by atoms with Crippen LogP contribution in [0.15, 0.2) is 18.2 Å². The number of benzene rings is 1. The molecule has 0 fully saturated rings. The predicted molar refractivity (Wildman–Crippen MR) is 78.5 cm³/mol. The standard InChI is InChI=1S/C16H24N2O/c1-13(2)15-12-14(6-7-16(15)19-3)8-11-18-10-5-4-9-17/h6-7,12-13,18H,4-5,8,10-11H2,1-3H3. The lowest BCUT2D eigenvalue weighted by atomic mass is 9.98. The maximum Gasteiger partial charge on any atom is 0.122 e. The van der Waals surface area contributed by atoms with Crippen molar-refractivity contribution in [1.29, 1.82) is 5.26 Å². The molecule has 0 spiro atoms. The van der Waals surface area contributed by atoms with Crippen molar-refractivity contribution in [2.45, 2.75) is 39.0 Å². The van der Waals surface area contributed by atoms with Gasteiger partial charge < -0.3 is 10.1 Å². The molecule has 3 heteroatoms. The van der Waals surface area contributed by atoms with E-state index >= 15 is 0 Å². The maximum atomic E-state index is 8.44. The first kappa shape index (κ1) is 15.5. The largest absolute Gasteiger partial charge is 0.496 e. The van der Waals surface area contributed by atoms with Crippen LogP contribution < -0.4 is 10.1 Å². The van der Waals surface area contributed by atoms with Gasteiger partial charge in [0.15, 0.2) is 0 Å². The number of ether oxygens (including phenoxy) is 1. The highest BCUT2D eigenvalue weighted by atomic mass is 16.5. The Balaban J connectivity index is 2.46. The Labute approximate surface area is 116 Å². The first-order valence-electron chi connectivity index (χ1n) is 6.93. The Morgan fingerprint density at radius 2 is 2.11 bits per heavy atom. The number of rotatable bonds is 8. The molecule has 0 aromatic heterocycles. The van der Waals surface area contributed by atoms with Gasteiger partial charge in [0.2, 0.25) is 0 Å². The molecule has 1 aromatic rings. The minimum absolute atomic E-state index is 0.471. The van der Waals surface area contributed by atoms with Crippen LogP contribution >= 0.6 is 0 Å². The maximum absolute atomic E-state index is 8.44. The molecule has 1 rings (SSSR count). The molecule has 0 aliphatic rings. The number of unbranched alkanes of at least 4 members (excludes halogenated alkanes) is 1. The summed E-state index contributed by atoms with van der Waals surface area (Å²) in [6.45, 7) is 6.24. The Kier molecular flexibility index (Phi) is 6.99. The minimum Gasteiger partial charge on any atom is -0.496 e. The molecule has 1 N–H and O–H groups in total. The molecule has 0 saturated carbocycles. The second kappa shape index (κ2) is 8.55. The highest BCUT2D eigenvalue weighted by Crippen LogP contribution is 2.27. The van der Waals surface area contributed by atoms with Gasteiger partial charge in [-0.1, -0.05) is 26.0 Å². The monoisotopic (exact) mass is 260 g/mol. The summed E-state index contributed by atoms with van der Waals surface area (Å²) >= 11 is 0. The van der Waals surface area contributed by atoms with Gasteiger partial charge in [-0.15, -0.1) is 0 Å². The summed E-state index contributed by atoms with van der Waals surface area (Å²) in [5, 5.41) is 11.8. The topological polar surface area (TPSA) is 45.0 Å². The van der Waals surface area contributed by atoms with Crippen LogP contribution in [0.1, 0.15) is 43.7 Å². The van der Waals surface area contributed by atoms with Crippen molar-refractivity contribution in [3.05, 3.63) is 29.3 Å². The summed E-state index contributed by atoms with van der Waals surface area (Å²) in [7, 11) is 1.72. The quantitative estimate of drug-likeness (QED) is 0.730. The summed E-state index contributed by atoms with van der Waals surface area (Å²) in [5.41, 5.74) is 2.60. The van der Waals surface area contributed by atoms with Gasteiger partial charge in [-0.05, 0) is 49.0 Å². The lowest BCUT2D eigenvalue weighted by molar-refractivity contribution is 0.407. The summed E-state index contributed by atoms with van der Waals surface area (Å²) in [4.78, 5) is 0. The molecule has 0 aliphatic carbocycles. The van der Waals surface area contributed by atoms with E-state index in [0.29, 0.717) is 12.3 Å². The molecule has 104 valence electrons. The predicted octanol–water partition coefficient (Wildman–Crippen LogP) is 3.25. The Morgan fingerprint density at radius 3 is 2.74 bits per heavy atom. The highest BCUT2D eigenvalue weighted by Gasteiger charge is 2.07. The van der Waals surface area contributed by atoms with Crippen molar-refractivity contribution in [2.75, 3.05) is 20.2 Å². The Morgan fingerprint density at radius 1 is 1.32 bits per heavy atom. The summed E-state index contributed by atoms with van der Waals surface area (Å²) < 4.78 is 5.39. The van der Waals surface area contributed by atoms with Crippen molar-refractivity contribution < 1.29 is 4.74 Å². The van der Waals surface area contributed by atoms with Gasteiger partial charge in [-0.2, -0.15) is 5.26 Å². The second-order valence-electron chi connectivity index (χ2n) is 4.99. The van der Waals surface area contributed by atoms with Crippen molar-refractivity contribution >= 4 is 0 Å². The van der Waals surface area contributed by atoms with Crippen LogP contribution in [0.4, 0.5) is 0 Å². The van der Waals surface area contributed by atoms with Crippen LogP contribution in [0.5, 0.6) is 5.75 Å². The molecule has 0 aliphatic heterocycles. The Hall–Kier alpha value is -1.53. The number of methoxy groups -OCH3 is 1. The van der Waals surface area contributed by atoms with E-state index in [4.69, 9.17) is 10.00 Å². The van der Waals surface area contributed by atoms with Gasteiger partial charge in [0, 0.05) is 6.42 Å². The van der Waals surface area contributed by atoms with E-state index in [1.165, 1.54) is 11.1 Å². The first-order valence-corrected chi connectivity index (χ1v) is 6.93. The lowest BCUT2D eigenvalue weighted by Crippen LogP contribution is -2.18. The van der Waals surface area contributed by atoms with Gasteiger partial charge in [-0.25, -0.2) is 0 Å². The zero-order valence-corrected chi connectivity index (χ0v) is 12.2. The van der Waals surface area contributed by atoms with Crippen molar-refractivity contribution in [3.63, 3.8) is 0 Å². The van der Waals surface area contributed by atoms with Gasteiger partial charge in [-0.3, -0.25) is 0 Å². The molecule has 1 aromatic carbocycles. The van der Waals surface area contributed by atoms with E-state index in [0.717, 1.165) is 31.7 Å². The van der Waals surface area contributed by atoms with Crippen LogP contribution in [0, 0.1) is 11.3 Å².